The molecule has 0 spiro atoms. The molecule has 96 valence electrons. The average molecular weight is 244 g/mol. The monoisotopic (exact) mass is 244 g/mol. The van der Waals surface area contributed by atoms with Gasteiger partial charge in [-0.15, -0.1) is 0 Å². The molecular weight excluding hydrogens is 228 g/mol. The van der Waals surface area contributed by atoms with Gasteiger partial charge in [0.2, 0.25) is 0 Å². The predicted molar refractivity (Wildman–Crippen MR) is 59.4 cm³/mol. The zero-order valence-corrected chi connectivity index (χ0v) is 9.89. The number of hydrogen-bond donors (Lipinski definition) is 1. The molecule has 0 aromatic carbocycles. The summed E-state index contributed by atoms with van der Waals surface area (Å²) in [5.41, 5.74) is 0. The van der Waals surface area contributed by atoms with E-state index in [0.717, 1.165) is 0 Å². The van der Waals surface area contributed by atoms with E-state index in [-0.39, 0.29) is 31.0 Å². The second-order valence-electron chi connectivity index (χ2n) is 3.12. The van der Waals surface area contributed by atoms with Crippen LogP contribution < -0.4 is 0 Å². The van der Waals surface area contributed by atoms with Crippen LogP contribution in [0.15, 0.2) is 12.7 Å². The molecule has 0 aliphatic rings. The van der Waals surface area contributed by atoms with Crippen LogP contribution in [0.2, 0.25) is 0 Å². The standard InChI is InChI=1S/C7H10O3.C4H6O3/c1-3-4-10-7(9)5-6(2)8;1-3(5)2-4(6)7/h3H,1,4-5H2,2H3;2H2,1H3,(H,6,7). The van der Waals surface area contributed by atoms with Gasteiger partial charge in [0.05, 0.1) is 0 Å². The van der Waals surface area contributed by atoms with E-state index in [4.69, 9.17) is 5.11 Å². The highest BCUT2D eigenvalue weighted by Gasteiger charge is 2.03. The van der Waals surface area contributed by atoms with Crippen LogP contribution >= 0.6 is 0 Å². The lowest BCUT2D eigenvalue weighted by atomic mass is 10.3. The van der Waals surface area contributed by atoms with Crippen molar-refractivity contribution in [1.29, 1.82) is 0 Å². The number of aliphatic carboxylic acids is 1. The molecule has 0 aromatic heterocycles. The summed E-state index contributed by atoms with van der Waals surface area (Å²) < 4.78 is 4.52. The molecule has 0 aliphatic carbocycles. The van der Waals surface area contributed by atoms with Crippen molar-refractivity contribution >= 4 is 23.5 Å². The van der Waals surface area contributed by atoms with Crippen LogP contribution in [-0.4, -0.2) is 35.2 Å². The second kappa shape index (κ2) is 10.5. The lowest BCUT2D eigenvalue weighted by Crippen LogP contribution is -2.08. The van der Waals surface area contributed by atoms with Crippen LogP contribution in [0.25, 0.3) is 0 Å². The number of esters is 1. The van der Waals surface area contributed by atoms with Gasteiger partial charge in [-0.3, -0.25) is 19.2 Å². The van der Waals surface area contributed by atoms with E-state index >= 15 is 0 Å². The number of carbonyl (C=O) groups excluding carboxylic acids is 3. The normalized spacial score (nSPS) is 8.35. The molecule has 0 unspecified atom stereocenters. The first-order chi connectivity index (χ1) is 7.79. The summed E-state index contributed by atoms with van der Waals surface area (Å²) in [4.78, 5) is 40.3. The van der Waals surface area contributed by atoms with Crippen molar-refractivity contribution in [3.8, 4) is 0 Å². The Kier molecular flexibility index (Phi) is 10.8. The van der Waals surface area contributed by atoms with Crippen molar-refractivity contribution in [2.75, 3.05) is 6.61 Å². The molecule has 0 bridgehead atoms. The summed E-state index contributed by atoms with van der Waals surface area (Å²) in [6, 6.07) is 0. The Morgan fingerprint density at radius 3 is 1.82 bits per heavy atom. The van der Waals surface area contributed by atoms with Crippen molar-refractivity contribution in [3.63, 3.8) is 0 Å². The molecule has 0 atom stereocenters. The van der Waals surface area contributed by atoms with Crippen LogP contribution in [0.4, 0.5) is 0 Å². The molecule has 0 aromatic rings. The molecule has 0 heterocycles. The largest absolute Gasteiger partial charge is 0.481 e. The van der Waals surface area contributed by atoms with E-state index in [2.05, 4.69) is 11.3 Å². The fraction of sp³-hybridized carbons (Fsp3) is 0.455. The third-order valence-corrected chi connectivity index (χ3v) is 1.16. The number of carboxylic acid groups (broad SMARTS) is 1. The Morgan fingerprint density at radius 2 is 1.59 bits per heavy atom. The first kappa shape index (κ1) is 17.4. The summed E-state index contributed by atoms with van der Waals surface area (Å²) in [5.74, 6) is -2.05. The molecule has 0 saturated carbocycles. The van der Waals surface area contributed by atoms with Crippen LogP contribution in [0, 0.1) is 0 Å². The molecular formula is C11H16O6. The van der Waals surface area contributed by atoms with Crippen molar-refractivity contribution in [3.05, 3.63) is 12.7 Å². The summed E-state index contributed by atoms with van der Waals surface area (Å²) in [7, 11) is 0. The van der Waals surface area contributed by atoms with Gasteiger partial charge in [-0.1, -0.05) is 12.7 Å². The summed E-state index contributed by atoms with van der Waals surface area (Å²) in [6.45, 7) is 6.11. The summed E-state index contributed by atoms with van der Waals surface area (Å²) in [6.07, 6.45) is 0.950. The van der Waals surface area contributed by atoms with Gasteiger partial charge in [0.1, 0.15) is 31.0 Å². The molecule has 0 radical (unpaired) electrons. The number of ketones is 2. The first-order valence-electron chi connectivity index (χ1n) is 4.76. The molecule has 0 amide bonds. The van der Waals surface area contributed by atoms with Crippen LogP contribution in [0.3, 0.4) is 0 Å². The number of carboxylic acids is 1. The second-order valence-corrected chi connectivity index (χ2v) is 3.12. The lowest BCUT2D eigenvalue weighted by Gasteiger charge is -1.96. The Balaban J connectivity index is 0. The molecule has 0 rings (SSSR count). The number of Topliss-reactive ketones (excluding diaryl/α,β-unsaturated/α-hetero) is 2. The van der Waals surface area contributed by atoms with E-state index in [1.54, 1.807) is 0 Å². The maximum absolute atomic E-state index is 10.5. The zero-order valence-electron chi connectivity index (χ0n) is 9.89. The highest BCUT2D eigenvalue weighted by Crippen LogP contribution is 1.87. The minimum absolute atomic E-state index is 0.145. The van der Waals surface area contributed by atoms with Gasteiger partial charge in [-0.2, -0.15) is 0 Å². The third-order valence-electron chi connectivity index (χ3n) is 1.16. The van der Waals surface area contributed by atoms with Gasteiger partial charge in [-0.05, 0) is 13.8 Å². The summed E-state index contributed by atoms with van der Waals surface area (Å²) in [5, 5.41) is 7.86. The van der Waals surface area contributed by atoms with E-state index in [0.29, 0.717) is 0 Å². The van der Waals surface area contributed by atoms with E-state index < -0.39 is 11.9 Å². The van der Waals surface area contributed by atoms with Gasteiger partial charge >= 0.3 is 11.9 Å². The minimum atomic E-state index is -1.06. The fourth-order valence-electron chi connectivity index (χ4n) is 0.619. The molecule has 6 heteroatoms. The SMILES string of the molecule is C=CCOC(=O)CC(C)=O.CC(=O)CC(=O)O. The quantitative estimate of drug-likeness (QED) is 0.420. The molecule has 0 fully saturated rings. The lowest BCUT2D eigenvalue weighted by molar-refractivity contribution is -0.145. The van der Waals surface area contributed by atoms with Crippen molar-refractivity contribution in [1.82, 2.24) is 0 Å². The van der Waals surface area contributed by atoms with Gasteiger partial charge in [0.15, 0.2) is 0 Å². The zero-order chi connectivity index (χ0) is 13.8. The van der Waals surface area contributed by atoms with E-state index in [1.165, 1.54) is 19.9 Å². The van der Waals surface area contributed by atoms with Crippen molar-refractivity contribution < 1.29 is 29.0 Å². The number of ether oxygens (including phenoxy) is 1. The minimum Gasteiger partial charge on any atom is -0.481 e. The van der Waals surface area contributed by atoms with Gasteiger partial charge in [0.25, 0.3) is 0 Å². The number of carbonyl (C=O) groups is 4. The Morgan fingerprint density at radius 1 is 1.12 bits per heavy atom. The predicted octanol–water partition coefficient (Wildman–Crippen LogP) is 0.745. The number of hydrogen-bond acceptors (Lipinski definition) is 5. The average Bonchev–Trinajstić information content (AvgIpc) is 2.12. The topological polar surface area (TPSA) is 97.7 Å². The maximum Gasteiger partial charge on any atom is 0.313 e. The molecule has 17 heavy (non-hydrogen) atoms. The smallest absolute Gasteiger partial charge is 0.313 e. The van der Waals surface area contributed by atoms with Crippen molar-refractivity contribution in [2.24, 2.45) is 0 Å². The van der Waals surface area contributed by atoms with Gasteiger partial charge in [-0.25, -0.2) is 0 Å². The molecule has 1 N–H and O–H groups in total. The first-order valence-corrected chi connectivity index (χ1v) is 4.76. The third kappa shape index (κ3) is 20.2. The Labute approximate surface area is 99.3 Å². The Hall–Kier alpha value is -1.98. The maximum atomic E-state index is 10.5. The van der Waals surface area contributed by atoms with Gasteiger partial charge in [0, 0.05) is 0 Å². The summed E-state index contributed by atoms with van der Waals surface area (Å²) >= 11 is 0. The highest BCUT2D eigenvalue weighted by molar-refractivity contribution is 5.94. The van der Waals surface area contributed by atoms with Crippen molar-refractivity contribution in [2.45, 2.75) is 26.7 Å². The van der Waals surface area contributed by atoms with Crippen LogP contribution in [0.5, 0.6) is 0 Å². The fourth-order valence-corrected chi connectivity index (χ4v) is 0.619. The van der Waals surface area contributed by atoms with Crippen LogP contribution in [0.1, 0.15) is 26.7 Å². The highest BCUT2D eigenvalue weighted by atomic mass is 16.5. The van der Waals surface area contributed by atoms with E-state index in [9.17, 15) is 19.2 Å². The van der Waals surface area contributed by atoms with E-state index in [1.807, 2.05) is 0 Å². The van der Waals surface area contributed by atoms with Gasteiger partial charge < -0.3 is 9.84 Å². The Bertz CT molecular complexity index is 293. The molecule has 6 nitrogen and oxygen atoms in total. The number of rotatable bonds is 6. The molecule has 0 aliphatic heterocycles. The molecule has 0 saturated heterocycles. The van der Waals surface area contributed by atoms with Crippen LogP contribution in [-0.2, 0) is 23.9 Å².